The Labute approximate surface area is 120 Å². The molecule has 0 saturated carbocycles. The molecule has 3 N–H and O–H groups in total. The lowest BCUT2D eigenvalue weighted by atomic mass is 10.2. The van der Waals surface area contributed by atoms with E-state index < -0.39 is 28.0 Å². The van der Waals surface area contributed by atoms with Gasteiger partial charge < -0.3 is 5.32 Å². The lowest BCUT2D eigenvalue weighted by Crippen LogP contribution is -2.41. The van der Waals surface area contributed by atoms with Gasteiger partial charge in [-0.3, -0.25) is 10.1 Å². The summed E-state index contributed by atoms with van der Waals surface area (Å²) in [4.78, 5) is 22.1. The number of carbonyl (C=O) groups excluding carboxylic acids is 2. The molecular weight excluding hydrogens is 306 g/mol. The van der Waals surface area contributed by atoms with Gasteiger partial charge in [0.05, 0.1) is 5.75 Å². The molecule has 0 aliphatic carbocycles. The average molecular weight is 318 g/mol. The van der Waals surface area contributed by atoms with Gasteiger partial charge in [0.15, 0.2) is 0 Å². The Bertz CT molecular complexity index is 630. The van der Waals surface area contributed by atoms with Crippen molar-refractivity contribution >= 4 is 33.6 Å². The SMILES string of the molecule is O=C1NC(=O)C(CNS(=O)(=O)Cc2ccc(Cl)cc2)N1. The van der Waals surface area contributed by atoms with Crippen molar-refractivity contribution in [3.8, 4) is 0 Å². The van der Waals surface area contributed by atoms with Gasteiger partial charge in [-0.1, -0.05) is 23.7 Å². The molecule has 1 aromatic carbocycles. The fraction of sp³-hybridized carbons (Fsp3) is 0.273. The van der Waals surface area contributed by atoms with Crippen molar-refractivity contribution in [1.82, 2.24) is 15.4 Å². The van der Waals surface area contributed by atoms with E-state index >= 15 is 0 Å². The van der Waals surface area contributed by atoms with Gasteiger partial charge in [0.1, 0.15) is 6.04 Å². The molecule has 108 valence electrons. The molecule has 1 unspecified atom stereocenters. The number of sulfonamides is 1. The molecule has 9 heteroatoms. The van der Waals surface area contributed by atoms with E-state index in [1.54, 1.807) is 24.3 Å². The van der Waals surface area contributed by atoms with Crippen molar-refractivity contribution in [3.63, 3.8) is 0 Å². The van der Waals surface area contributed by atoms with Crippen molar-refractivity contribution in [3.05, 3.63) is 34.9 Å². The van der Waals surface area contributed by atoms with Crippen LogP contribution in [0, 0.1) is 0 Å². The van der Waals surface area contributed by atoms with Gasteiger partial charge in [0.2, 0.25) is 10.0 Å². The maximum absolute atomic E-state index is 11.8. The molecule has 0 aromatic heterocycles. The number of halogens is 1. The van der Waals surface area contributed by atoms with Crippen molar-refractivity contribution in [1.29, 1.82) is 0 Å². The molecule has 0 radical (unpaired) electrons. The third kappa shape index (κ3) is 3.92. The summed E-state index contributed by atoms with van der Waals surface area (Å²) in [5.74, 6) is -0.781. The number of urea groups is 1. The van der Waals surface area contributed by atoms with Crippen LogP contribution < -0.4 is 15.4 Å². The molecule has 7 nitrogen and oxygen atoms in total. The molecule has 1 aromatic rings. The van der Waals surface area contributed by atoms with Crippen LogP contribution in [-0.2, 0) is 20.6 Å². The van der Waals surface area contributed by atoms with Gasteiger partial charge in [0.25, 0.3) is 5.91 Å². The lowest BCUT2D eigenvalue weighted by molar-refractivity contribution is -0.120. The first-order valence-corrected chi connectivity index (χ1v) is 7.72. The molecule has 1 aliphatic heterocycles. The van der Waals surface area contributed by atoms with Crippen LogP contribution in [0.25, 0.3) is 0 Å². The Kier molecular flexibility index (Phi) is 4.26. The minimum absolute atomic E-state index is 0.187. The minimum atomic E-state index is -3.60. The maximum Gasteiger partial charge on any atom is 0.322 e. The number of rotatable bonds is 5. The second-order valence-electron chi connectivity index (χ2n) is 4.25. The number of amides is 3. The Morgan fingerprint density at radius 2 is 1.85 bits per heavy atom. The number of hydrogen-bond donors (Lipinski definition) is 3. The van der Waals surface area contributed by atoms with E-state index in [0.717, 1.165) is 0 Å². The van der Waals surface area contributed by atoms with E-state index in [9.17, 15) is 18.0 Å². The zero-order chi connectivity index (χ0) is 14.8. The molecule has 0 bridgehead atoms. The highest BCUT2D eigenvalue weighted by atomic mass is 35.5. The molecule has 3 amide bonds. The molecule has 1 atom stereocenters. The molecule has 1 heterocycles. The van der Waals surface area contributed by atoms with Crippen LogP contribution in [0.4, 0.5) is 4.79 Å². The Hall–Kier alpha value is -1.64. The van der Waals surface area contributed by atoms with Gasteiger partial charge in [-0.15, -0.1) is 0 Å². The van der Waals surface area contributed by atoms with Crippen LogP contribution in [0.1, 0.15) is 5.56 Å². The average Bonchev–Trinajstić information content (AvgIpc) is 2.68. The summed E-state index contributed by atoms with van der Waals surface area (Å²) >= 11 is 5.71. The second kappa shape index (κ2) is 5.78. The largest absolute Gasteiger partial charge is 0.325 e. The third-order valence-electron chi connectivity index (χ3n) is 2.64. The van der Waals surface area contributed by atoms with Crippen molar-refractivity contribution in [2.75, 3.05) is 6.54 Å². The maximum atomic E-state index is 11.8. The van der Waals surface area contributed by atoms with Crippen molar-refractivity contribution in [2.24, 2.45) is 0 Å². The molecule has 1 fully saturated rings. The molecule has 2 rings (SSSR count). The van der Waals surface area contributed by atoms with Crippen LogP contribution in [0.2, 0.25) is 5.02 Å². The predicted molar refractivity (Wildman–Crippen MR) is 72.5 cm³/mol. The Morgan fingerprint density at radius 1 is 1.20 bits per heavy atom. The zero-order valence-corrected chi connectivity index (χ0v) is 11.8. The van der Waals surface area contributed by atoms with E-state index in [1.165, 1.54) is 0 Å². The van der Waals surface area contributed by atoms with E-state index in [0.29, 0.717) is 10.6 Å². The first-order valence-electron chi connectivity index (χ1n) is 5.69. The number of carbonyl (C=O) groups is 2. The first-order chi connectivity index (χ1) is 9.35. The summed E-state index contributed by atoms with van der Waals surface area (Å²) in [6.07, 6.45) is 0. The molecule has 0 spiro atoms. The number of imide groups is 1. The highest BCUT2D eigenvalue weighted by Gasteiger charge is 2.30. The second-order valence-corrected chi connectivity index (χ2v) is 6.49. The zero-order valence-electron chi connectivity index (χ0n) is 10.2. The lowest BCUT2D eigenvalue weighted by Gasteiger charge is -2.10. The molecule has 20 heavy (non-hydrogen) atoms. The predicted octanol–water partition coefficient (Wildman–Crippen LogP) is -0.0326. The van der Waals surface area contributed by atoms with E-state index in [4.69, 9.17) is 11.6 Å². The highest BCUT2D eigenvalue weighted by molar-refractivity contribution is 7.88. The van der Waals surface area contributed by atoms with Gasteiger partial charge >= 0.3 is 6.03 Å². The van der Waals surface area contributed by atoms with Crippen LogP contribution in [-0.4, -0.2) is 32.9 Å². The summed E-state index contributed by atoms with van der Waals surface area (Å²) < 4.78 is 26.0. The number of benzene rings is 1. The van der Waals surface area contributed by atoms with Crippen LogP contribution in [0.5, 0.6) is 0 Å². The Morgan fingerprint density at radius 3 is 2.40 bits per heavy atom. The first kappa shape index (κ1) is 14.8. The van der Waals surface area contributed by atoms with Crippen molar-refractivity contribution < 1.29 is 18.0 Å². The molecule has 1 aliphatic rings. The monoisotopic (exact) mass is 317 g/mol. The number of hydrogen-bond acceptors (Lipinski definition) is 4. The summed E-state index contributed by atoms with van der Waals surface area (Å²) in [7, 11) is -3.60. The van der Waals surface area contributed by atoms with E-state index in [2.05, 4.69) is 10.0 Å². The fourth-order valence-corrected chi connectivity index (χ4v) is 2.94. The van der Waals surface area contributed by atoms with Gasteiger partial charge in [-0.05, 0) is 17.7 Å². The highest BCUT2D eigenvalue weighted by Crippen LogP contribution is 2.11. The smallest absolute Gasteiger partial charge is 0.322 e. The van der Waals surface area contributed by atoms with Crippen LogP contribution in [0.15, 0.2) is 24.3 Å². The summed E-state index contributed by atoms with van der Waals surface area (Å²) in [5.41, 5.74) is 0.571. The van der Waals surface area contributed by atoms with E-state index in [-0.39, 0.29) is 12.3 Å². The Balaban J connectivity index is 1.93. The molecular formula is C11H12ClN3O4S. The van der Waals surface area contributed by atoms with Crippen LogP contribution in [0.3, 0.4) is 0 Å². The summed E-state index contributed by atoms with van der Waals surface area (Å²) in [6.45, 7) is -0.187. The topological polar surface area (TPSA) is 104 Å². The summed E-state index contributed by atoms with van der Waals surface area (Å²) in [5, 5.41) is 4.84. The van der Waals surface area contributed by atoms with Gasteiger partial charge in [-0.2, -0.15) is 0 Å². The third-order valence-corrected chi connectivity index (χ3v) is 4.21. The molecule has 1 saturated heterocycles. The van der Waals surface area contributed by atoms with Crippen LogP contribution >= 0.6 is 11.6 Å². The van der Waals surface area contributed by atoms with Gasteiger partial charge in [-0.25, -0.2) is 17.9 Å². The normalized spacial score (nSPS) is 18.8. The quantitative estimate of drug-likeness (QED) is 0.663. The van der Waals surface area contributed by atoms with Crippen molar-refractivity contribution in [2.45, 2.75) is 11.8 Å². The standard InChI is InChI=1S/C11H12ClN3O4S/c12-8-3-1-7(2-4-8)6-20(18,19)13-5-9-10(16)15-11(17)14-9/h1-4,9,13H,5-6H2,(H2,14,15,16,17). The summed E-state index contributed by atoms with van der Waals surface area (Å²) in [6, 6.07) is 4.88. The minimum Gasteiger partial charge on any atom is -0.325 e. The van der Waals surface area contributed by atoms with Gasteiger partial charge in [0, 0.05) is 11.6 Å². The fourth-order valence-electron chi connectivity index (χ4n) is 1.66. The van der Waals surface area contributed by atoms with E-state index in [1.807, 2.05) is 5.32 Å². The number of nitrogens with one attached hydrogen (secondary N) is 3.